The zero-order valence-corrected chi connectivity index (χ0v) is 9.28. The van der Waals surface area contributed by atoms with Gasteiger partial charge in [0.15, 0.2) is 17.4 Å². The highest BCUT2D eigenvalue weighted by Crippen LogP contribution is 2.21. The maximum absolute atomic E-state index is 13.3. The van der Waals surface area contributed by atoms with Crippen molar-refractivity contribution in [3.63, 3.8) is 0 Å². The monoisotopic (exact) mass is 241 g/mol. The first-order chi connectivity index (χ1) is 7.66. The van der Waals surface area contributed by atoms with Crippen LogP contribution in [0, 0.1) is 5.82 Å². The van der Waals surface area contributed by atoms with Crippen LogP contribution in [0.15, 0.2) is 24.5 Å². The summed E-state index contributed by atoms with van der Waals surface area (Å²) < 4.78 is 20.2. The van der Waals surface area contributed by atoms with Gasteiger partial charge in [0.25, 0.3) is 0 Å². The van der Waals surface area contributed by atoms with Gasteiger partial charge in [0, 0.05) is 12.1 Å². The molecule has 0 aliphatic rings. The topological polar surface area (TPSA) is 39.9 Å². The minimum absolute atomic E-state index is 0.146. The van der Waals surface area contributed by atoms with Crippen molar-refractivity contribution in [3.05, 3.63) is 41.2 Å². The Morgan fingerprint density at radius 3 is 2.94 bits per heavy atom. The first-order valence-corrected chi connectivity index (χ1v) is 4.95. The third-order valence-electron chi connectivity index (χ3n) is 2.06. The summed E-state index contributed by atoms with van der Waals surface area (Å²) in [5, 5.41) is 4.21. The fourth-order valence-electron chi connectivity index (χ4n) is 1.19. The number of rotatable bonds is 3. The Balaban J connectivity index is 2.08. The van der Waals surface area contributed by atoms with Crippen LogP contribution in [0.2, 0.25) is 5.02 Å². The van der Waals surface area contributed by atoms with Crippen LogP contribution >= 0.6 is 11.6 Å². The smallest absolute Gasteiger partial charge is 0.166 e. The summed E-state index contributed by atoms with van der Waals surface area (Å²) in [5.41, 5.74) is 0. The molecule has 1 heterocycles. The minimum atomic E-state index is -0.491. The van der Waals surface area contributed by atoms with Crippen LogP contribution < -0.4 is 4.74 Å². The summed E-state index contributed by atoms with van der Waals surface area (Å²) in [6.07, 6.45) is 1.41. The zero-order valence-electron chi connectivity index (χ0n) is 8.52. The highest BCUT2D eigenvalue weighted by molar-refractivity contribution is 6.30. The molecule has 0 aliphatic carbocycles. The summed E-state index contributed by atoms with van der Waals surface area (Å²) in [6, 6.07) is 4.25. The average molecular weight is 242 g/mol. The van der Waals surface area contributed by atoms with Crippen molar-refractivity contribution in [1.29, 1.82) is 0 Å². The molecular weight excluding hydrogens is 233 g/mol. The van der Waals surface area contributed by atoms with Gasteiger partial charge in [-0.05, 0) is 18.2 Å². The van der Waals surface area contributed by atoms with Gasteiger partial charge >= 0.3 is 0 Å². The molecule has 0 atom stereocenters. The summed E-state index contributed by atoms with van der Waals surface area (Å²) in [5.74, 6) is 0.274. The minimum Gasteiger partial charge on any atom is -0.483 e. The molecule has 0 saturated carbocycles. The molecule has 0 saturated heterocycles. The van der Waals surface area contributed by atoms with Crippen LogP contribution in [0.1, 0.15) is 5.82 Å². The fourth-order valence-corrected chi connectivity index (χ4v) is 1.34. The maximum atomic E-state index is 13.3. The van der Waals surface area contributed by atoms with Crippen molar-refractivity contribution in [3.8, 4) is 5.75 Å². The highest BCUT2D eigenvalue weighted by Gasteiger charge is 2.06. The molecule has 0 unspecified atom stereocenters. The predicted octanol–water partition coefficient (Wildman–Crippen LogP) is 2.19. The summed E-state index contributed by atoms with van der Waals surface area (Å²) >= 11 is 5.62. The maximum Gasteiger partial charge on any atom is 0.166 e. The number of hydrogen-bond acceptors (Lipinski definition) is 3. The van der Waals surface area contributed by atoms with Gasteiger partial charge in [-0.25, -0.2) is 9.37 Å². The van der Waals surface area contributed by atoms with Crippen LogP contribution in [-0.4, -0.2) is 14.8 Å². The van der Waals surface area contributed by atoms with E-state index in [1.807, 2.05) is 0 Å². The van der Waals surface area contributed by atoms with Gasteiger partial charge in [0.1, 0.15) is 12.9 Å². The number of halogens is 2. The number of aryl methyl sites for hydroxylation is 1. The van der Waals surface area contributed by atoms with Gasteiger partial charge in [-0.15, -0.1) is 0 Å². The SMILES string of the molecule is Cn1ncnc1COc1ccc(Cl)cc1F. The van der Waals surface area contributed by atoms with Gasteiger partial charge in [0.2, 0.25) is 0 Å². The lowest BCUT2D eigenvalue weighted by Gasteiger charge is -2.06. The molecule has 0 amide bonds. The van der Waals surface area contributed by atoms with Crippen LogP contribution in [-0.2, 0) is 13.7 Å². The van der Waals surface area contributed by atoms with E-state index in [9.17, 15) is 4.39 Å². The van der Waals surface area contributed by atoms with E-state index in [0.29, 0.717) is 10.8 Å². The average Bonchev–Trinajstić information content (AvgIpc) is 2.63. The lowest BCUT2D eigenvalue weighted by molar-refractivity contribution is 0.275. The molecule has 0 aliphatic heterocycles. The molecule has 0 spiro atoms. The number of hydrogen-bond donors (Lipinski definition) is 0. The van der Waals surface area contributed by atoms with E-state index in [2.05, 4.69) is 10.1 Å². The third kappa shape index (κ3) is 2.30. The van der Waals surface area contributed by atoms with E-state index in [1.54, 1.807) is 17.8 Å². The first kappa shape index (κ1) is 10.9. The third-order valence-corrected chi connectivity index (χ3v) is 2.29. The van der Waals surface area contributed by atoms with E-state index in [0.717, 1.165) is 0 Å². The first-order valence-electron chi connectivity index (χ1n) is 4.57. The van der Waals surface area contributed by atoms with E-state index in [4.69, 9.17) is 16.3 Å². The van der Waals surface area contributed by atoms with E-state index >= 15 is 0 Å². The molecule has 0 radical (unpaired) electrons. The quantitative estimate of drug-likeness (QED) is 0.827. The predicted molar refractivity (Wildman–Crippen MR) is 56.7 cm³/mol. The molecule has 4 nitrogen and oxygen atoms in total. The summed E-state index contributed by atoms with van der Waals surface area (Å²) in [4.78, 5) is 3.96. The van der Waals surface area contributed by atoms with Crippen LogP contribution in [0.5, 0.6) is 5.75 Å². The Morgan fingerprint density at radius 1 is 1.50 bits per heavy atom. The van der Waals surface area contributed by atoms with Crippen molar-refractivity contribution in [2.45, 2.75) is 6.61 Å². The van der Waals surface area contributed by atoms with Gasteiger partial charge in [-0.2, -0.15) is 5.10 Å². The Kier molecular flexibility index (Phi) is 3.05. The van der Waals surface area contributed by atoms with Crippen molar-refractivity contribution in [2.75, 3.05) is 0 Å². The molecule has 0 bridgehead atoms. The fraction of sp³-hybridized carbons (Fsp3) is 0.200. The number of ether oxygens (including phenoxy) is 1. The highest BCUT2D eigenvalue weighted by atomic mass is 35.5. The van der Waals surface area contributed by atoms with Crippen LogP contribution in [0.4, 0.5) is 4.39 Å². The Hall–Kier alpha value is -1.62. The second-order valence-electron chi connectivity index (χ2n) is 3.16. The Morgan fingerprint density at radius 2 is 2.31 bits per heavy atom. The zero-order chi connectivity index (χ0) is 11.5. The Bertz CT molecular complexity index is 501. The van der Waals surface area contributed by atoms with E-state index in [-0.39, 0.29) is 12.4 Å². The second-order valence-corrected chi connectivity index (χ2v) is 3.60. The molecular formula is C10H9ClFN3O. The molecule has 1 aromatic heterocycles. The molecule has 16 heavy (non-hydrogen) atoms. The summed E-state index contributed by atoms with van der Waals surface area (Å²) in [7, 11) is 1.74. The molecule has 6 heteroatoms. The lowest BCUT2D eigenvalue weighted by Crippen LogP contribution is -2.05. The van der Waals surface area contributed by atoms with Crippen molar-refractivity contribution in [1.82, 2.24) is 14.8 Å². The molecule has 1 aromatic carbocycles. The van der Waals surface area contributed by atoms with Crippen molar-refractivity contribution >= 4 is 11.6 Å². The van der Waals surface area contributed by atoms with E-state index in [1.165, 1.54) is 18.5 Å². The Labute approximate surface area is 96.6 Å². The van der Waals surface area contributed by atoms with E-state index < -0.39 is 5.82 Å². The van der Waals surface area contributed by atoms with Crippen LogP contribution in [0.3, 0.4) is 0 Å². The van der Waals surface area contributed by atoms with Gasteiger partial charge in [-0.1, -0.05) is 11.6 Å². The van der Waals surface area contributed by atoms with Crippen LogP contribution in [0.25, 0.3) is 0 Å². The van der Waals surface area contributed by atoms with Gasteiger partial charge in [0.05, 0.1) is 0 Å². The normalized spacial score (nSPS) is 10.4. The summed E-state index contributed by atoms with van der Waals surface area (Å²) in [6.45, 7) is 0.162. The molecule has 84 valence electrons. The number of nitrogens with zero attached hydrogens (tertiary/aromatic N) is 3. The molecule has 0 fully saturated rings. The molecule has 2 rings (SSSR count). The largest absolute Gasteiger partial charge is 0.483 e. The van der Waals surface area contributed by atoms with Gasteiger partial charge in [-0.3, -0.25) is 4.68 Å². The number of aromatic nitrogens is 3. The van der Waals surface area contributed by atoms with Gasteiger partial charge < -0.3 is 4.74 Å². The van der Waals surface area contributed by atoms with Crippen molar-refractivity contribution < 1.29 is 9.13 Å². The standard InChI is InChI=1S/C10H9ClFN3O/c1-15-10(13-6-14-15)5-16-9-3-2-7(11)4-8(9)12/h2-4,6H,5H2,1H3. The van der Waals surface area contributed by atoms with Crippen molar-refractivity contribution in [2.24, 2.45) is 7.05 Å². The molecule has 2 aromatic rings. The molecule has 0 N–H and O–H groups in total. The number of benzene rings is 1. The second kappa shape index (κ2) is 4.49. The lowest BCUT2D eigenvalue weighted by atomic mass is 10.3.